The van der Waals surface area contributed by atoms with Crippen LogP contribution in [0.2, 0.25) is 5.02 Å². The van der Waals surface area contributed by atoms with Gasteiger partial charge in [0.05, 0.1) is 24.9 Å². The van der Waals surface area contributed by atoms with Gasteiger partial charge in [0, 0.05) is 45.7 Å². The van der Waals surface area contributed by atoms with E-state index in [1.165, 1.54) is 0 Å². The second-order valence-corrected chi connectivity index (χ2v) is 8.62. The van der Waals surface area contributed by atoms with E-state index < -0.39 is 0 Å². The molecular weight excluding hydrogens is 478 g/mol. The lowest BCUT2D eigenvalue weighted by molar-refractivity contribution is -0.115. The minimum Gasteiger partial charge on any atom is -0.496 e. The Balaban J connectivity index is 1.30. The molecule has 2 amide bonds. The van der Waals surface area contributed by atoms with Crippen LogP contribution < -0.4 is 20.7 Å². The number of hydrogen-bond donors (Lipinski definition) is 3. The molecule has 3 N–H and O–H groups in total. The van der Waals surface area contributed by atoms with E-state index in [-0.39, 0.29) is 18.2 Å². The third kappa shape index (κ3) is 4.99. The fourth-order valence-electron chi connectivity index (χ4n) is 3.98. The number of anilines is 3. The van der Waals surface area contributed by atoms with Gasteiger partial charge < -0.3 is 20.7 Å². The maximum atomic E-state index is 12.6. The Labute approximate surface area is 212 Å². The molecule has 0 unspecified atom stereocenters. The zero-order valence-electron chi connectivity index (χ0n) is 19.3. The van der Waals surface area contributed by atoms with Crippen molar-refractivity contribution in [3.05, 3.63) is 94.6 Å². The molecule has 0 atom stereocenters. The number of carbonyl (C=O) groups is 2. The minimum absolute atomic E-state index is 0.152. The number of amides is 2. The second-order valence-electron chi connectivity index (χ2n) is 8.18. The molecule has 0 fully saturated rings. The molecule has 1 aromatic heterocycles. The maximum Gasteiger partial charge on any atom is 0.251 e. The highest BCUT2D eigenvalue weighted by atomic mass is 35.5. The molecule has 0 spiro atoms. The molecule has 0 saturated heterocycles. The van der Waals surface area contributed by atoms with Gasteiger partial charge in [0.25, 0.3) is 5.91 Å². The number of rotatable bonds is 6. The quantitative estimate of drug-likeness (QED) is 0.346. The summed E-state index contributed by atoms with van der Waals surface area (Å²) in [6.07, 6.45) is 1.81. The van der Waals surface area contributed by atoms with Crippen molar-refractivity contribution in [2.75, 3.05) is 17.7 Å². The van der Waals surface area contributed by atoms with Crippen molar-refractivity contribution in [3.8, 4) is 17.0 Å². The predicted molar refractivity (Wildman–Crippen MR) is 139 cm³/mol. The summed E-state index contributed by atoms with van der Waals surface area (Å²) in [7, 11) is 1.60. The number of carbonyl (C=O) groups excluding carboxylic acids is 2. The number of halogens is 1. The molecule has 8 nitrogen and oxygen atoms in total. The summed E-state index contributed by atoms with van der Waals surface area (Å²) >= 11 is 6.11. The lowest BCUT2D eigenvalue weighted by Gasteiger charge is -2.11. The molecule has 36 heavy (non-hydrogen) atoms. The van der Waals surface area contributed by atoms with Crippen LogP contribution in [-0.4, -0.2) is 28.9 Å². The van der Waals surface area contributed by atoms with Crippen molar-refractivity contribution in [3.63, 3.8) is 0 Å². The van der Waals surface area contributed by atoms with Crippen LogP contribution in [0.3, 0.4) is 0 Å². The van der Waals surface area contributed by atoms with Crippen LogP contribution in [0.25, 0.3) is 11.3 Å². The number of para-hydroxylation sites is 1. The summed E-state index contributed by atoms with van der Waals surface area (Å²) in [5.41, 5.74) is 4.90. The molecule has 0 radical (unpaired) electrons. The number of ether oxygens (including phenoxy) is 1. The zero-order chi connectivity index (χ0) is 25.1. The molecule has 5 rings (SSSR count). The highest BCUT2D eigenvalue weighted by molar-refractivity contribution is 6.31. The Hall–Kier alpha value is -4.43. The standard InChI is InChI=1S/C27H22ClN5O3/c1-36-23-5-3-2-4-17(23)14-29-26(35)16-6-9-20(10-7-16)31-27-30-15-18-12-24(34)32-22-13-19(28)8-11-21(22)25(18)33-27/h2-11,13,15H,12,14H2,1H3,(H,29,35)(H,32,34)(H,30,31,33). The highest BCUT2D eigenvalue weighted by Crippen LogP contribution is 2.34. The molecule has 0 bridgehead atoms. The summed E-state index contributed by atoms with van der Waals surface area (Å²) in [6, 6.07) is 19.9. The third-order valence-corrected chi connectivity index (χ3v) is 6.00. The Kier molecular flexibility index (Phi) is 6.51. The summed E-state index contributed by atoms with van der Waals surface area (Å²) in [5.74, 6) is 0.753. The fraction of sp³-hybridized carbons (Fsp3) is 0.111. The van der Waals surface area contributed by atoms with Crippen molar-refractivity contribution in [2.45, 2.75) is 13.0 Å². The van der Waals surface area contributed by atoms with Crippen LogP contribution in [0, 0.1) is 0 Å². The van der Waals surface area contributed by atoms with Crippen molar-refractivity contribution in [2.24, 2.45) is 0 Å². The number of fused-ring (bicyclic) bond motifs is 3. The summed E-state index contributed by atoms with van der Waals surface area (Å²) in [5, 5.41) is 9.47. The van der Waals surface area contributed by atoms with Gasteiger partial charge in [-0.25, -0.2) is 9.97 Å². The topological polar surface area (TPSA) is 105 Å². The highest BCUT2D eigenvalue weighted by Gasteiger charge is 2.21. The van der Waals surface area contributed by atoms with Crippen molar-refractivity contribution in [1.82, 2.24) is 15.3 Å². The molecule has 1 aliphatic rings. The number of hydrogen-bond acceptors (Lipinski definition) is 6. The smallest absolute Gasteiger partial charge is 0.251 e. The zero-order valence-corrected chi connectivity index (χ0v) is 20.1. The molecule has 9 heteroatoms. The van der Waals surface area contributed by atoms with Gasteiger partial charge in [-0.1, -0.05) is 29.8 Å². The SMILES string of the molecule is COc1ccccc1CNC(=O)c1ccc(Nc2ncc3c(n2)-c2ccc(Cl)cc2NC(=O)C3)cc1. The van der Waals surface area contributed by atoms with Gasteiger partial charge in [-0.05, 0) is 48.5 Å². The number of aromatic nitrogens is 2. The lowest BCUT2D eigenvalue weighted by atomic mass is 10.1. The van der Waals surface area contributed by atoms with Gasteiger partial charge in [0.15, 0.2) is 0 Å². The summed E-state index contributed by atoms with van der Waals surface area (Å²) < 4.78 is 5.33. The first-order chi connectivity index (χ1) is 17.5. The Bertz CT molecular complexity index is 1460. The number of benzene rings is 3. The van der Waals surface area contributed by atoms with Gasteiger partial charge in [0.1, 0.15) is 5.75 Å². The Morgan fingerprint density at radius 1 is 1.11 bits per heavy atom. The van der Waals surface area contributed by atoms with E-state index in [0.717, 1.165) is 28.1 Å². The van der Waals surface area contributed by atoms with Crippen LogP contribution in [0.1, 0.15) is 21.5 Å². The second kappa shape index (κ2) is 10.1. The normalized spacial score (nSPS) is 12.0. The number of nitrogens with one attached hydrogen (secondary N) is 3. The Morgan fingerprint density at radius 2 is 1.92 bits per heavy atom. The molecule has 1 aliphatic heterocycles. The predicted octanol–water partition coefficient (Wildman–Crippen LogP) is 4.97. The third-order valence-electron chi connectivity index (χ3n) is 5.76. The first-order valence-corrected chi connectivity index (χ1v) is 11.6. The minimum atomic E-state index is -0.193. The van der Waals surface area contributed by atoms with E-state index in [4.69, 9.17) is 16.3 Å². The molecule has 3 aromatic carbocycles. The van der Waals surface area contributed by atoms with Gasteiger partial charge in [-0.2, -0.15) is 0 Å². The van der Waals surface area contributed by atoms with Crippen molar-refractivity contribution >= 4 is 40.7 Å². The van der Waals surface area contributed by atoms with Gasteiger partial charge >= 0.3 is 0 Å². The molecule has 2 heterocycles. The average Bonchev–Trinajstić information content (AvgIpc) is 3.02. The molecular formula is C27H22ClN5O3. The van der Waals surface area contributed by atoms with E-state index in [0.29, 0.717) is 34.5 Å². The van der Waals surface area contributed by atoms with Crippen LogP contribution >= 0.6 is 11.6 Å². The van der Waals surface area contributed by atoms with E-state index in [2.05, 4.69) is 25.9 Å². The molecule has 0 saturated carbocycles. The number of methoxy groups -OCH3 is 1. The van der Waals surface area contributed by atoms with Crippen LogP contribution in [0.4, 0.5) is 17.3 Å². The van der Waals surface area contributed by atoms with Gasteiger partial charge in [-0.3, -0.25) is 9.59 Å². The van der Waals surface area contributed by atoms with E-state index in [9.17, 15) is 9.59 Å². The van der Waals surface area contributed by atoms with Crippen LogP contribution in [0.5, 0.6) is 5.75 Å². The first kappa shape index (κ1) is 23.3. The van der Waals surface area contributed by atoms with E-state index in [1.54, 1.807) is 49.7 Å². The van der Waals surface area contributed by atoms with Crippen LogP contribution in [-0.2, 0) is 17.8 Å². The van der Waals surface area contributed by atoms with Gasteiger partial charge in [0.2, 0.25) is 11.9 Å². The maximum absolute atomic E-state index is 12.6. The first-order valence-electron chi connectivity index (χ1n) is 11.2. The fourth-order valence-corrected chi connectivity index (χ4v) is 4.16. The molecule has 4 aromatic rings. The van der Waals surface area contributed by atoms with E-state index in [1.807, 2.05) is 30.3 Å². The van der Waals surface area contributed by atoms with Crippen molar-refractivity contribution in [1.29, 1.82) is 0 Å². The van der Waals surface area contributed by atoms with Gasteiger partial charge in [-0.15, -0.1) is 0 Å². The summed E-state index contributed by atoms with van der Waals surface area (Å²) in [6.45, 7) is 0.357. The van der Waals surface area contributed by atoms with E-state index >= 15 is 0 Å². The lowest BCUT2D eigenvalue weighted by Crippen LogP contribution is -2.23. The molecule has 180 valence electrons. The monoisotopic (exact) mass is 499 g/mol. The average molecular weight is 500 g/mol. The largest absolute Gasteiger partial charge is 0.496 e. The van der Waals surface area contributed by atoms with Crippen molar-refractivity contribution < 1.29 is 14.3 Å². The van der Waals surface area contributed by atoms with Crippen LogP contribution in [0.15, 0.2) is 72.9 Å². The number of nitrogens with zero attached hydrogens (tertiary/aromatic N) is 2. The summed E-state index contributed by atoms with van der Waals surface area (Å²) in [4.78, 5) is 33.9. The Morgan fingerprint density at radius 3 is 2.72 bits per heavy atom. The molecule has 0 aliphatic carbocycles.